The van der Waals surface area contributed by atoms with Gasteiger partial charge in [0.25, 0.3) is 0 Å². The van der Waals surface area contributed by atoms with Crippen LogP contribution in [0.3, 0.4) is 0 Å². The number of aliphatic hydroxyl groups excluding tert-OH is 1. The molecule has 184 valence electrons. The highest BCUT2D eigenvalue weighted by molar-refractivity contribution is 7.92. The fourth-order valence-corrected chi connectivity index (χ4v) is 5.08. The number of carbonyl (C=O) groups is 1. The summed E-state index contributed by atoms with van der Waals surface area (Å²) in [6.45, 7) is 6.26. The van der Waals surface area contributed by atoms with E-state index in [1.54, 1.807) is 12.1 Å². The number of para-hydroxylation sites is 1. The average molecular weight is 489 g/mol. The number of nitrogens with zero attached hydrogens (tertiary/aromatic N) is 2. The minimum Gasteiger partial charge on any atom is -0.490 e. The van der Waals surface area contributed by atoms with E-state index in [2.05, 4.69) is 45.0 Å². The molecule has 2 aromatic rings. The SMILES string of the molecule is Cc1ccccc1N1CCN(CC(O)COc2ccc(NS(C)(=O)=O)c3c2CCC(=O)N3)CC1. The summed E-state index contributed by atoms with van der Waals surface area (Å²) in [5, 5.41) is 13.3. The molecule has 1 saturated heterocycles. The van der Waals surface area contributed by atoms with E-state index in [4.69, 9.17) is 4.74 Å². The molecule has 1 fully saturated rings. The first-order valence-corrected chi connectivity index (χ1v) is 13.4. The molecule has 34 heavy (non-hydrogen) atoms. The zero-order valence-corrected chi connectivity index (χ0v) is 20.4. The van der Waals surface area contributed by atoms with Gasteiger partial charge in [-0.2, -0.15) is 0 Å². The van der Waals surface area contributed by atoms with Crippen LogP contribution in [0, 0.1) is 6.92 Å². The first kappa shape index (κ1) is 24.3. The normalized spacial score (nSPS) is 17.6. The Bertz CT molecular complexity index is 1150. The first-order valence-electron chi connectivity index (χ1n) is 11.5. The largest absolute Gasteiger partial charge is 0.490 e. The summed E-state index contributed by atoms with van der Waals surface area (Å²) in [6, 6.07) is 11.6. The summed E-state index contributed by atoms with van der Waals surface area (Å²) >= 11 is 0. The van der Waals surface area contributed by atoms with E-state index in [1.807, 2.05) is 6.07 Å². The monoisotopic (exact) mass is 488 g/mol. The molecule has 1 amide bonds. The van der Waals surface area contributed by atoms with Crippen LogP contribution in [0.5, 0.6) is 5.75 Å². The number of nitrogens with one attached hydrogen (secondary N) is 2. The van der Waals surface area contributed by atoms with Gasteiger partial charge in [0, 0.05) is 50.4 Å². The predicted octanol–water partition coefficient (Wildman–Crippen LogP) is 1.81. The second kappa shape index (κ2) is 10.2. The number of benzene rings is 2. The van der Waals surface area contributed by atoms with Crippen LogP contribution in [0.4, 0.5) is 17.1 Å². The fraction of sp³-hybridized carbons (Fsp3) is 0.458. The van der Waals surface area contributed by atoms with Crippen molar-refractivity contribution in [1.82, 2.24) is 4.90 Å². The van der Waals surface area contributed by atoms with E-state index in [1.165, 1.54) is 11.3 Å². The Morgan fingerprint density at radius 3 is 2.56 bits per heavy atom. The van der Waals surface area contributed by atoms with Crippen molar-refractivity contribution >= 4 is 33.0 Å². The van der Waals surface area contributed by atoms with Crippen molar-refractivity contribution in [3.63, 3.8) is 0 Å². The third-order valence-corrected chi connectivity index (χ3v) is 6.75. The van der Waals surface area contributed by atoms with Crippen molar-refractivity contribution in [1.29, 1.82) is 0 Å². The number of hydrogen-bond acceptors (Lipinski definition) is 7. The standard InChI is InChI=1S/C24H32N4O5S/c1-17-5-3-4-6-21(17)28-13-11-27(12-14-28)15-18(29)16-33-22-9-8-20(26-34(2,31)32)24-19(22)7-10-23(30)25-24/h3-6,8-9,18,26,29H,7,10-16H2,1-2H3,(H,25,30). The van der Waals surface area contributed by atoms with Crippen LogP contribution in [0.2, 0.25) is 0 Å². The Balaban J connectivity index is 1.33. The number of ether oxygens (including phenoxy) is 1. The number of fused-ring (bicyclic) bond motifs is 1. The molecule has 2 aromatic carbocycles. The van der Waals surface area contributed by atoms with Gasteiger partial charge in [-0.25, -0.2) is 8.42 Å². The van der Waals surface area contributed by atoms with Crippen LogP contribution in [0.1, 0.15) is 17.5 Å². The molecule has 1 atom stereocenters. The number of aryl methyl sites for hydroxylation is 1. The number of anilines is 3. The molecule has 0 radical (unpaired) electrons. The van der Waals surface area contributed by atoms with Gasteiger partial charge in [-0.05, 0) is 37.1 Å². The number of β-amino-alcohol motifs (C(OH)–C–C–N with tert-alkyl or cyclic N) is 1. The number of aliphatic hydroxyl groups is 1. The van der Waals surface area contributed by atoms with Crippen molar-refractivity contribution in [3.05, 3.63) is 47.5 Å². The number of amides is 1. The molecule has 10 heteroatoms. The predicted molar refractivity (Wildman–Crippen MR) is 133 cm³/mol. The van der Waals surface area contributed by atoms with Crippen LogP contribution in [-0.2, 0) is 21.2 Å². The van der Waals surface area contributed by atoms with Gasteiger partial charge < -0.3 is 20.1 Å². The van der Waals surface area contributed by atoms with Crippen molar-refractivity contribution in [2.24, 2.45) is 0 Å². The zero-order chi connectivity index (χ0) is 24.3. The van der Waals surface area contributed by atoms with Crippen LogP contribution in [-0.4, -0.2) is 76.0 Å². The minimum atomic E-state index is -3.50. The van der Waals surface area contributed by atoms with Gasteiger partial charge in [-0.1, -0.05) is 18.2 Å². The van der Waals surface area contributed by atoms with Crippen LogP contribution >= 0.6 is 0 Å². The van der Waals surface area contributed by atoms with E-state index < -0.39 is 16.1 Å². The van der Waals surface area contributed by atoms with Crippen molar-refractivity contribution in [2.45, 2.75) is 25.9 Å². The van der Waals surface area contributed by atoms with Crippen LogP contribution < -0.4 is 19.7 Å². The number of piperazine rings is 1. The summed E-state index contributed by atoms with van der Waals surface area (Å²) in [5.74, 6) is 0.364. The Labute approximate surface area is 200 Å². The second-order valence-corrected chi connectivity index (χ2v) is 10.7. The topological polar surface area (TPSA) is 111 Å². The Morgan fingerprint density at radius 1 is 1.12 bits per heavy atom. The van der Waals surface area contributed by atoms with E-state index in [0.29, 0.717) is 36.5 Å². The molecule has 9 nitrogen and oxygen atoms in total. The first-order chi connectivity index (χ1) is 16.2. The quantitative estimate of drug-likeness (QED) is 0.520. The molecule has 0 spiro atoms. The van der Waals surface area contributed by atoms with Crippen molar-refractivity contribution in [3.8, 4) is 5.75 Å². The highest BCUT2D eigenvalue weighted by Crippen LogP contribution is 2.38. The lowest BCUT2D eigenvalue weighted by atomic mass is 10.0. The molecule has 2 heterocycles. The molecule has 0 bridgehead atoms. The Kier molecular flexibility index (Phi) is 7.30. The maximum Gasteiger partial charge on any atom is 0.229 e. The molecular weight excluding hydrogens is 456 g/mol. The molecule has 1 unspecified atom stereocenters. The molecular formula is C24H32N4O5S. The lowest BCUT2D eigenvalue weighted by Crippen LogP contribution is -2.49. The van der Waals surface area contributed by atoms with Crippen LogP contribution in [0.15, 0.2) is 36.4 Å². The average Bonchev–Trinajstić information content (AvgIpc) is 2.79. The minimum absolute atomic E-state index is 0.108. The molecule has 2 aliphatic rings. The van der Waals surface area contributed by atoms with Gasteiger partial charge in [0.2, 0.25) is 15.9 Å². The lowest BCUT2D eigenvalue weighted by Gasteiger charge is -2.37. The lowest BCUT2D eigenvalue weighted by molar-refractivity contribution is -0.116. The summed E-state index contributed by atoms with van der Waals surface area (Å²) in [7, 11) is -3.50. The van der Waals surface area contributed by atoms with Crippen molar-refractivity contribution < 1.29 is 23.1 Å². The third kappa shape index (κ3) is 5.99. The highest BCUT2D eigenvalue weighted by Gasteiger charge is 2.24. The summed E-state index contributed by atoms with van der Waals surface area (Å²) < 4.78 is 31.7. The summed E-state index contributed by atoms with van der Waals surface area (Å²) in [4.78, 5) is 16.5. The molecule has 0 saturated carbocycles. The van der Waals surface area contributed by atoms with Gasteiger partial charge in [0.15, 0.2) is 0 Å². The van der Waals surface area contributed by atoms with Crippen LogP contribution in [0.25, 0.3) is 0 Å². The number of carbonyl (C=O) groups excluding carboxylic acids is 1. The maximum atomic E-state index is 11.9. The van der Waals surface area contributed by atoms with E-state index >= 15 is 0 Å². The maximum absolute atomic E-state index is 11.9. The number of hydrogen-bond donors (Lipinski definition) is 3. The summed E-state index contributed by atoms with van der Waals surface area (Å²) in [5.41, 5.74) is 3.98. The number of rotatable bonds is 8. The van der Waals surface area contributed by atoms with Gasteiger partial charge >= 0.3 is 0 Å². The van der Waals surface area contributed by atoms with Gasteiger partial charge in [-0.3, -0.25) is 14.4 Å². The molecule has 2 aliphatic heterocycles. The highest BCUT2D eigenvalue weighted by atomic mass is 32.2. The zero-order valence-electron chi connectivity index (χ0n) is 19.6. The molecule has 0 aliphatic carbocycles. The Morgan fingerprint density at radius 2 is 1.85 bits per heavy atom. The Hall–Kier alpha value is -2.82. The van der Waals surface area contributed by atoms with Crippen molar-refractivity contribution in [2.75, 3.05) is 60.5 Å². The molecule has 4 rings (SSSR count). The van der Waals surface area contributed by atoms with Gasteiger partial charge in [-0.15, -0.1) is 0 Å². The van der Waals surface area contributed by atoms with E-state index in [-0.39, 0.29) is 12.5 Å². The molecule has 0 aromatic heterocycles. The summed E-state index contributed by atoms with van der Waals surface area (Å²) in [6.07, 6.45) is 1.12. The smallest absolute Gasteiger partial charge is 0.229 e. The third-order valence-electron chi connectivity index (χ3n) is 6.16. The molecule has 3 N–H and O–H groups in total. The van der Waals surface area contributed by atoms with E-state index in [0.717, 1.165) is 38.0 Å². The van der Waals surface area contributed by atoms with Gasteiger partial charge in [0.1, 0.15) is 18.5 Å². The van der Waals surface area contributed by atoms with Gasteiger partial charge in [0.05, 0.1) is 17.6 Å². The fourth-order valence-electron chi connectivity index (χ4n) is 4.51. The number of sulfonamides is 1. The van der Waals surface area contributed by atoms with E-state index in [9.17, 15) is 18.3 Å². The second-order valence-electron chi connectivity index (χ2n) is 8.93.